The van der Waals surface area contributed by atoms with Crippen molar-refractivity contribution in [3.05, 3.63) is 46.8 Å². The van der Waals surface area contributed by atoms with Crippen LogP contribution in [0.25, 0.3) is 0 Å². The fraction of sp³-hybridized carbons (Fsp3) is 0.357. The van der Waals surface area contributed by atoms with Crippen LogP contribution in [0.3, 0.4) is 0 Å². The van der Waals surface area contributed by atoms with Crippen molar-refractivity contribution in [2.24, 2.45) is 0 Å². The highest BCUT2D eigenvalue weighted by Crippen LogP contribution is 2.20. The van der Waals surface area contributed by atoms with E-state index in [0.29, 0.717) is 6.61 Å². The van der Waals surface area contributed by atoms with Gasteiger partial charge in [0.05, 0.1) is 12.3 Å². The summed E-state index contributed by atoms with van der Waals surface area (Å²) in [4.78, 5) is 0. The number of nitrogens with zero attached hydrogens (tertiary/aromatic N) is 1. The van der Waals surface area contributed by atoms with Crippen molar-refractivity contribution < 1.29 is 4.74 Å². The molecule has 90 valence electrons. The average Bonchev–Trinajstić information content (AvgIpc) is 2.70. The number of H-pyrrole nitrogens is 1. The lowest BCUT2D eigenvalue weighted by Crippen LogP contribution is -2.03. The highest BCUT2D eigenvalue weighted by molar-refractivity contribution is 5.38. The molecule has 0 aliphatic heterocycles. The standard InChI is InChI=1S/C14H18N2O/c1-10-5-4-6-14(12(10)3)17-8-7-13-9-11(2)15-16-13/h4-6,9H,7-8H2,1-3H3,(H,15,16). The second kappa shape index (κ2) is 5.04. The van der Waals surface area contributed by atoms with Crippen LogP contribution < -0.4 is 4.74 Å². The van der Waals surface area contributed by atoms with Gasteiger partial charge in [-0.3, -0.25) is 5.10 Å². The predicted octanol–water partition coefficient (Wildman–Crippen LogP) is 2.96. The quantitative estimate of drug-likeness (QED) is 0.876. The van der Waals surface area contributed by atoms with Crippen molar-refractivity contribution in [1.29, 1.82) is 0 Å². The minimum absolute atomic E-state index is 0.661. The number of aromatic amines is 1. The second-order valence-corrected chi connectivity index (χ2v) is 4.34. The van der Waals surface area contributed by atoms with Gasteiger partial charge in [-0.2, -0.15) is 5.10 Å². The maximum atomic E-state index is 5.78. The van der Waals surface area contributed by atoms with Crippen molar-refractivity contribution >= 4 is 0 Å². The molecule has 1 aromatic heterocycles. The molecule has 3 nitrogen and oxygen atoms in total. The summed E-state index contributed by atoms with van der Waals surface area (Å²) in [5, 5.41) is 7.11. The molecule has 0 amide bonds. The van der Waals surface area contributed by atoms with E-state index in [-0.39, 0.29) is 0 Å². The Bertz CT molecular complexity index is 503. The molecule has 0 bridgehead atoms. The minimum Gasteiger partial charge on any atom is -0.493 e. The Balaban J connectivity index is 1.92. The summed E-state index contributed by atoms with van der Waals surface area (Å²) < 4.78 is 5.78. The van der Waals surface area contributed by atoms with E-state index >= 15 is 0 Å². The molecule has 0 fully saturated rings. The molecule has 3 heteroatoms. The highest BCUT2D eigenvalue weighted by atomic mass is 16.5. The van der Waals surface area contributed by atoms with Crippen molar-refractivity contribution in [2.75, 3.05) is 6.61 Å². The second-order valence-electron chi connectivity index (χ2n) is 4.34. The molecule has 0 saturated heterocycles. The predicted molar refractivity (Wildman–Crippen MR) is 68.4 cm³/mol. The molecular weight excluding hydrogens is 212 g/mol. The number of rotatable bonds is 4. The Morgan fingerprint density at radius 2 is 2.06 bits per heavy atom. The molecule has 0 aliphatic carbocycles. The Morgan fingerprint density at radius 1 is 1.24 bits per heavy atom. The number of aryl methyl sites for hydroxylation is 2. The maximum absolute atomic E-state index is 5.78. The largest absolute Gasteiger partial charge is 0.493 e. The topological polar surface area (TPSA) is 37.9 Å². The van der Waals surface area contributed by atoms with E-state index in [1.807, 2.05) is 25.1 Å². The first-order valence-corrected chi connectivity index (χ1v) is 5.86. The number of aromatic nitrogens is 2. The molecule has 2 rings (SSSR count). The van der Waals surface area contributed by atoms with Crippen molar-refractivity contribution in [1.82, 2.24) is 10.2 Å². The zero-order valence-electron chi connectivity index (χ0n) is 10.6. The third-order valence-corrected chi connectivity index (χ3v) is 2.93. The van der Waals surface area contributed by atoms with Gasteiger partial charge >= 0.3 is 0 Å². The van der Waals surface area contributed by atoms with Crippen LogP contribution in [-0.2, 0) is 6.42 Å². The molecule has 0 spiro atoms. The van der Waals surface area contributed by atoms with Crippen molar-refractivity contribution in [3.8, 4) is 5.75 Å². The molecule has 0 aliphatic rings. The van der Waals surface area contributed by atoms with Crippen LogP contribution in [0, 0.1) is 20.8 Å². The normalized spacial score (nSPS) is 10.5. The van der Waals surface area contributed by atoms with Gasteiger partial charge in [0, 0.05) is 12.1 Å². The van der Waals surface area contributed by atoms with Gasteiger partial charge in [0.1, 0.15) is 5.75 Å². The first-order valence-electron chi connectivity index (χ1n) is 5.86. The smallest absolute Gasteiger partial charge is 0.122 e. The van der Waals surface area contributed by atoms with E-state index in [9.17, 15) is 0 Å². The lowest BCUT2D eigenvalue weighted by atomic mass is 10.1. The third kappa shape index (κ3) is 2.87. The van der Waals surface area contributed by atoms with Crippen LogP contribution in [-0.4, -0.2) is 16.8 Å². The van der Waals surface area contributed by atoms with Crippen LogP contribution in [0.1, 0.15) is 22.5 Å². The molecular formula is C14H18N2O. The van der Waals surface area contributed by atoms with E-state index in [1.165, 1.54) is 11.1 Å². The zero-order chi connectivity index (χ0) is 12.3. The van der Waals surface area contributed by atoms with Gasteiger partial charge in [0.15, 0.2) is 0 Å². The van der Waals surface area contributed by atoms with Crippen LogP contribution in [0.15, 0.2) is 24.3 Å². The Morgan fingerprint density at radius 3 is 2.76 bits per heavy atom. The van der Waals surface area contributed by atoms with Crippen LogP contribution in [0.4, 0.5) is 0 Å². The van der Waals surface area contributed by atoms with Gasteiger partial charge < -0.3 is 4.74 Å². The Kier molecular flexibility index (Phi) is 3.47. The molecule has 17 heavy (non-hydrogen) atoms. The van der Waals surface area contributed by atoms with Crippen LogP contribution in [0.5, 0.6) is 5.75 Å². The van der Waals surface area contributed by atoms with Gasteiger partial charge in [-0.15, -0.1) is 0 Å². The summed E-state index contributed by atoms with van der Waals surface area (Å²) in [5.74, 6) is 0.970. The van der Waals surface area contributed by atoms with Crippen molar-refractivity contribution in [3.63, 3.8) is 0 Å². The molecule has 0 unspecified atom stereocenters. The first kappa shape index (κ1) is 11.7. The van der Waals surface area contributed by atoms with Crippen LogP contribution >= 0.6 is 0 Å². The van der Waals surface area contributed by atoms with Gasteiger partial charge in [-0.05, 0) is 44.0 Å². The summed E-state index contributed by atoms with van der Waals surface area (Å²) in [5.41, 5.74) is 4.61. The monoisotopic (exact) mass is 230 g/mol. The third-order valence-electron chi connectivity index (χ3n) is 2.93. The molecule has 0 saturated carbocycles. The summed E-state index contributed by atoms with van der Waals surface area (Å²) in [6, 6.07) is 8.18. The lowest BCUT2D eigenvalue weighted by Gasteiger charge is -2.09. The highest BCUT2D eigenvalue weighted by Gasteiger charge is 2.02. The summed E-state index contributed by atoms with van der Waals surface area (Å²) in [6.45, 7) is 6.85. The van der Waals surface area contributed by atoms with Gasteiger partial charge in [0.2, 0.25) is 0 Å². The Labute approximate surface area is 102 Å². The fourth-order valence-corrected chi connectivity index (χ4v) is 1.75. The van der Waals surface area contributed by atoms with E-state index in [1.54, 1.807) is 0 Å². The summed E-state index contributed by atoms with van der Waals surface area (Å²) in [6.07, 6.45) is 0.831. The molecule has 1 N–H and O–H groups in total. The van der Waals surface area contributed by atoms with Crippen molar-refractivity contribution in [2.45, 2.75) is 27.2 Å². The number of hydrogen-bond donors (Lipinski definition) is 1. The van der Waals surface area contributed by atoms with E-state index in [0.717, 1.165) is 23.6 Å². The van der Waals surface area contributed by atoms with E-state index in [2.05, 4.69) is 30.1 Å². The molecule has 1 aromatic carbocycles. The SMILES string of the molecule is Cc1cc(CCOc2cccc(C)c2C)n[nH]1. The number of ether oxygens (including phenoxy) is 1. The zero-order valence-corrected chi connectivity index (χ0v) is 10.6. The summed E-state index contributed by atoms with van der Waals surface area (Å²) >= 11 is 0. The minimum atomic E-state index is 0.661. The Hall–Kier alpha value is -1.77. The summed E-state index contributed by atoms with van der Waals surface area (Å²) in [7, 11) is 0. The van der Waals surface area contributed by atoms with Gasteiger partial charge in [0.25, 0.3) is 0 Å². The average molecular weight is 230 g/mol. The first-order chi connectivity index (χ1) is 8.16. The fourth-order valence-electron chi connectivity index (χ4n) is 1.75. The van der Waals surface area contributed by atoms with E-state index in [4.69, 9.17) is 4.74 Å². The lowest BCUT2D eigenvalue weighted by molar-refractivity contribution is 0.318. The van der Waals surface area contributed by atoms with E-state index < -0.39 is 0 Å². The van der Waals surface area contributed by atoms with Gasteiger partial charge in [-0.1, -0.05) is 12.1 Å². The number of benzene rings is 1. The molecule has 0 radical (unpaired) electrons. The van der Waals surface area contributed by atoms with Crippen LogP contribution in [0.2, 0.25) is 0 Å². The molecule has 2 aromatic rings. The van der Waals surface area contributed by atoms with Gasteiger partial charge in [-0.25, -0.2) is 0 Å². The molecule has 0 atom stereocenters. The molecule has 1 heterocycles. The maximum Gasteiger partial charge on any atom is 0.122 e. The number of nitrogens with one attached hydrogen (secondary N) is 1. The number of hydrogen-bond acceptors (Lipinski definition) is 2.